The first kappa shape index (κ1) is 16.8. The smallest absolute Gasteiger partial charge is 0.336 e. The van der Waals surface area contributed by atoms with Crippen LogP contribution in [0.1, 0.15) is 11.1 Å². The molecular formula is C16H15ClN2O4. The van der Waals surface area contributed by atoms with Crippen LogP contribution in [0.5, 0.6) is 5.75 Å². The summed E-state index contributed by atoms with van der Waals surface area (Å²) in [5.74, 6) is -0.299. The number of halogens is 1. The Hall–Kier alpha value is -2.60. The number of carbonyl (C=O) groups excluding carboxylic acids is 1. The molecule has 2 aromatic rings. The van der Waals surface area contributed by atoms with E-state index >= 15 is 0 Å². The number of hydrogen-bond acceptors (Lipinski definition) is 4. The van der Waals surface area contributed by atoms with Gasteiger partial charge in [-0.25, -0.2) is 9.59 Å². The topological polar surface area (TPSA) is 70.3 Å². The number of ether oxygens (including phenoxy) is 1. The molecule has 0 spiro atoms. The third-order valence-electron chi connectivity index (χ3n) is 3.23. The van der Waals surface area contributed by atoms with Gasteiger partial charge in [-0.1, -0.05) is 17.7 Å². The van der Waals surface area contributed by atoms with Crippen molar-refractivity contribution in [3.63, 3.8) is 0 Å². The lowest BCUT2D eigenvalue weighted by Crippen LogP contribution is -2.37. The Morgan fingerprint density at radius 1 is 1.26 bits per heavy atom. The molecule has 0 aliphatic carbocycles. The predicted octanol–water partition coefficient (Wildman–Crippen LogP) is 1.66. The molecule has 0 fully saturated rings. The zero-order chi connectivity index (χ0) is 17.1. The van der Waals surface area contributed by atoms with Crippen LogP contribution < -0.4 is 16.0 Å². The minimum Gasteiger partial charge on any atom is -0.423 e. The van der Waals surface area contributed by atoms with Gasteiger partial charge in [-0.15, -0.1) is 0 Å². The molecule has 1 aromatic heterocycles. The number of nitrogens with zero attached hydrogens (tertiary/aromatic N) is 2. The third-order valence-corrected chi connectivity index (χ3v) is 3.47. The van der Waals surface area contributed by atoms with Crippen molar-refractivity contribution in [3.8, 4) is 5.75 Å². The lowest BCUT2D eigenvalue weighted by Gasteiger charge is -2.06. The number of carbonyl (C=O) groups is 1. The highest BCUT2D eigenvalue weighted by atomic mass is 35.5. The van der Waals surface area contributed by atoms with Crippen molar-refractivity contribution in [2.45, 2.75) is 6.92 Å². The lowest BCUT2D eigenvalue weighted by molar-refractivity contribution is -0.128. The van der Waals surface area contributed by atoms with Crippen LogP contribution in [0, 0.1) is 6.92 Å². The molecule has 0 amide bonds. The molecule has 1 heterocycles. The zero-order valence-corrected chi connectivity index (χ0v) is 13.6. The molecule has 120 valence electrons. The molecule has 6 nitrogen and oxygen atoms in total. The maximum absolute atomic E-state index is 11.9. The third kappa shape index (κ3) is 3.78. The average molecular weight is 335 g/mol. The highest BCUT2D eigenvalue weighted by Crippen LogP contribution is 2.22. The first-order valence-electron chi connectivity index (χ1n) is 6.72. The minimum absolute atomic E-state index is 0.203. The molecule has 0 saturated carbocycles. The molecule has 2 rings (SSSR count). The summed E-state index contributed by atoms with van der Waals surface area (Å²) >= 11 is 5.86. The van der Waals surface area contributed by atoms with E-state index < -0.39 is 17.2 Å². The van der Waals surface area contributed by atoms with E-state index in [2.05, 4.69) is 0 Å². The summed E-state index contributed by atoms with van der Waals surface area (Å²) in [6, 6.07) is 4.96. The van der Waals surface area contributed by atoms with Crippen molar-refractivity contribution in [3.05, 3.63) is 67.5 Å². The molecule has 0 aliphatic rings. The summed E-state index contributed by atoms with van der Waals surface area (Å²) in [4.78, 5) is 35.4. The van der Waals surface area contributed by atoms with Gasteiger partial charge in [0.2, 0.25) is 0 Å². The Morgan fingerprint density at radius 3 is 2.65 bits per heavy atom. The SMILES string of the molecule is Cc1ccc(Cl)cc1OC(=O)C=Cc1cn(C)c(=O)n(C)c1=O. The average Bonchev–Trinajstić information content (AvgIpc) is 2.51. The van der Waals surface area contributed by atoms with Gasteiger partial charge in [0.05, 0.1) is 5.56 Å². The van der Waals surface area contributed by atoms with Crippen LogP contribution in [0.15, 0.2) is 40.1 Å². The molecule has 0 atom stereocenters. The number of esters is 1. The van der Waals surface area contributed by atoms with Crippen LogP contribution in [-0.4, -0.2) is 15.1 Å². The van der Waals surface area contributed by atoms with E-state index in [4.69, 9.17) is 16.3 Å². The number of hydrogen-bond donors (Lipinski definition) is 0. The minimum atomic E-state index is -0.647. The van der Waals surface area contributed by atoms with Gasteiger partial charge < -0.3 is 9.30 Å². The van der Waals surface area contributed by atoms with E-state index in [-0.39, 0.29) is 5.56 Å². The van der Waals surface area contributed by atoms with E-state index in [1.807, 2.05) is 0 Å². The quantitative estimate of drug-likeness (QED) is 0.486. The van der Waals surface area contributed by atoms with Crippen molar-refractivity contribution in [1.82, 2.24) is 9.13 Å². The first-order valence-corrected chi connectivity index (χ1v) is 7.10. The van der Waals surface area contributed by atoms with E-state index in [1.54, 1.807) is 19.1 Å². The van der Waals surface area contributed by atoms with Gasteiger partial charge in [0.25, 0.3) is 5.56 Å². The Kier molecular flexibility index (Phi) is 4.86. The predicted molar refractivity (Wildman–Crippen MR) is 87.8 cm³/mol. The molecule has 0 aliphatic heterocycles. The van der Waals surface area contributed by atoms with E-state index in [9.17, 15) is 14.4 Å². The second kappa shape index (κ2) is 6.66. The molecule has 0 N–H and O–H groups in total. The van der Waals surface area contributed by atoms with Gasteiger partial charge in [0.15, 0.2) is 0 Å². The highest BCUT2D eigenvalue weighted by Gasteiger charge is 2.07. The molecule has 0 unspecified atom stereocenters. The molecule has 1 aromatic carbocycles. The zero-order valence-electron chi connectivity index (χ0n) is 12.9. The molecule has 0 saturated heterocycles. The molecule has 0 bridgehead atoms. The number of aryl methyl sites for hydroxylation is 2. The van der Waals surface area contributed by atoms with Crippen molar-refractivity contribution >= 4 is 23.6 Å². The Bertz CT molecular complexity index is 909. The van der Waals surface area contributed by atoms with Crippen molar-refractivity contribution in [2.75, 3.05) is 0 Å². The molecule has 7 heteroatoms. The fraction of sp³-hybridized carbons (Fsp3) is 0.188. The molecular weight excluding hydrogens is 320 g/mol. The van der Waals surface area contributed by atoms with Crippen molar-refractivity contribution in [1.29, 1.82) is 0 Å². The summed E-state index contributed by atoms with van der Waals surface area (Å²) in [6.45, 7) is 1.78. The summed E-state index contributed by atoms with van der Waals surface area (Å²) < 4.78 is 7.41. The summed E-state index contributed by atoms with van der Waals surface area (Å²) in [7, 11) is 2.89. The van der Waals surface area contributed by atoms with Crippen molar-refractivity contribution < 1.29 is 9.53 Å². The number of aromatic nitrogens is 2. The van der Waals surface area contributed by atoms with Crippen LogP contribution in [0.25, 0.3) is 6.08 Å². The van der Waals surface area contributed by atoms with Gasteiger partial charge in [-0.3, -0.25) is 9.36 Å². The van der Waals surface area contributed by atoms with Gasteiger partial charge >= 0.3 is 11.7 Å². The lowest BCUT2D eigenvalue weighted by atomic mass is 10.2. The number of rotatable bonds is 3. The maximum atomic E-state index is 11.9. The van der Waals surface area contributed by atoms with Crippen LogP contribution in [-0.2, 0) is 18.9 Å². The van der Waals surface area contributed by atoms with Crippen LogP contribution >= 0.6 is 11.6 Å². The summed E-state index contributed by atoms with van der Waals surface area (Å²) in [5, 5.41) is 0.453. The largest absolute Gasteiger partial charge is 0.423 e. The fourth-order valence-electron chi connectivity index (χ4n) is 1.93. The highest BCUT2D eigenvalue weighted by molar-refractivity contribution is 6.30. The monoisotopic (exact) mass is 334 g/mol. The van der Waals surface area contributed by atoms with Crippen LogP contribution in [0.4, 0.5) is 0 Å². The second-order valence-electron chi connectivity index (χ2n) is 5.01. The van der Waals surface area contributed by atoms with Gasteiger partial charge in [-0.05, 0) is 30.7 Å². The van der Waals surface area contributed by atoms with Crippen LogP contribution in [0.2, 0.25) is 5.02 Å². The normalized spacial score (nSPS) is 11.0. The van der Waals surface area contributed by atoms with E-state index in [0.29, 0.717) is 10.8 Å². The van der Waals surface area contributed by atoms with Gasteiger partial charge in [0, 0.05) is 31.4 Å². The van der Waals surface area contributed by atoms with E-state index in [0.717, 1.165) is 16.2 Å². The molecule has 0 radical (unpaired) electrons. The van der Waals surface area contributed by atoms with Crippen LogP contribution in [0.3, 0.4) is 0 Å². The van der Waals surface area contributed by atoms with Gasteiger partial charge in [-0.2, -0.15) is 0 Å². The first-order chi connectivity index (χ1) is 10.8. The standard InChI is InChI=1S/C16H15ClN2O4/c1-10-4-6-12(17)8-13(10)23-14(20)7-5-11-9-18(2)16(22)19(3)15(11)21/h4-9H,1-3H3. The second-order valence-corrected chi connectivity index (χ2v) is 5.44. The Balaban J connectivity index is 2.24. The van der Waals surface area contributed by atoms with Crippen molar-refractivity contribution in [2.24, 2.45) is 14.1 Å². The summed E-state index contributed by atoms with van der Waals surface area (Å²) in [6.07, 6.45) is 3.80. The Labute approximate surface area is 137 Å². The fourth-order valence-corrected chi connectivity index (χ4v) is 2.10. The number of benzene rings is 1. The summed E-state index contributed by atoms with van der Waals surface area (Å²) in [5.41, 5.74) is 0.0314. The Morgan fingerprint density at radius 2 is 1.96 bits per heavy atom. The van der Waals surface area contributed by atoms with E-state index in [1.165, 1.54) is 37.0 Å². The maximum Gasteiger partial charge on any atom is 0.336 e. The van der Waals surface area contributed by atoms with Gasteiger partial charge in [0.1, 0.15) is 5.75 Å². The molecule has 23 heavy (non-hydrogen) atoms.